The van der Waals surface area contributed by atoms with Crippen molar-refractivity contribution in [3.63, 3.8) is 0 Å². The second-order valence-corrected chi connectivity index (χ2v) is 13.0. The molecule has 5 atom stereocenters. The average Bonchev–Trinajstić information content (AvgIpc) is 3.61. The third kappa shape index (κ3) is 13.8. The first kappa shape index (κ1) is 51.4. The topological polar surface area (TPSA) is 281 Å². The maximum Gasteiger partial charge on any atom is 0.246 e. The molecule has 2 aromatic rings. The zero-order chi connectivity index (χ0) is 37.1. The fourth-order valence-electron chi connectivity index (χ4n) is 6.43. The number of hydrogen-bond donors (Lipinski definition) is 10. The number of phenolic OH excluding ortho intramolecular Hbond substituents is 2. The molecule has 2 aromatic carbocycles. The number of nitrogens with one attached hydrogen (secondary N) is 4. The van der Waals surface area contributed by atoms with E-state index in [0.717, 1.165) is 0 Å². The third-order valence-corrected chi connectivity index (χ3v) is 9.25. The second kappa shape index (κ2) is 24.8. The van der Waals surface area contributed by atoms with Crippen molar-refractivity contribution >= 4 is 79.2 Å². The Morgan fingerprint density at radius 2 is 1.44 bits per heavy atom. The Labute approximate surface area is 345 Å². The van der Waals surface area contributed by atoms with Crippen molar-refractivity contribution in [3.05, 3.63) is 47.5 Å². The van der Waals surface area contributed by atoms with E-state index < -0.39 is 59.7 Å². The Hall–Kier alpha value is -3.61. The lowest BCUT2D eigenvalue weighted by atomic mass is 9.95. The highest BCUT2D eigenvalue weighted by Gasteiger charge is 2.40. The van der Waals surface area contributed by atoms with Crippen molar-refractivity contribution < 1.29 is 34.2 Å². The van der Waals surface area contributed by atoms with Crippen LogP contribution in [-0.2, 0) is 36.8 Å². The van der Waals surface area contributed by atoms with Crippen LogP contribution >= 0.6 is 49.6 Å². The first-order chi connectivity index (χ1) is 24.5. The van der Waals surface area contributed by atoms with Crippen LogP contribution in [0.25, 0.3) is 11.1 Å². The highest BCUT2D eigenvalue weighted by molar-refractivity contribution is 5.96. The Kier molecular flexibility index (Phi) is 23.2. The summed E-state index contributed by atoms with van der Waals surface area (Å²) >= 11 is 0. The molecule has 1 saturated heterocycles. The molecule has 55 heavy (non-hydrogen) atoms. The van der Waals surface area contributed by atoms with Gasteiger partial charge in [-0.3, -0.25) is 24.0 Å². The number of carbonyl (C=O) groups is 5. The normalized spacial score (nSPS) is 19.9. The number of hydrogen-bond acceptors (Lipinski definition) is 11. The van der Waals surface area contributed by atoms with Gasteiger partial charge in [-0.15, -0.1) is 49.6 Å². The molecule has 0 spiro atoms. The lowest BCUT2D eigenvalue weighted by molar-refractivity contribution is -0.142. The lowest BCUT2D eigenvalue weighted by Gasteiger charge is -2.31. The molecule has 20 heteroatoms. The molecule has 0 saturated carbocycles. The van der Waals surface area contributed by atoms with Crippen LogP contribution in [0.5, 0.6) is 11.5 Å². The van der Waals surface area contributed by atoms with Crippen LogP contribution in [0.4, 0.5) is 0 Å². The number of amides is 5. The van der Waals surface area contributed by atoms with Crippen LogP contribution in [0.2, 0.25) is 0 Å². The summed E-state index contributed by atoms with van der Waals surface area (Å²) in [6.07, 6.45) is 1.92. The molecule has 0 aliphatic carbocycles. The van der Waals surface area contributed by atoms with Crippen molar-refractivity contribution in [2.24, 2.45) is 22.9 Å². The molecule has 4 bridgehead atoms. The number of fused-ring (bicyclic) bond motifs is 5. The quantitative estimate of drug-likeness (QED) is 0.134. The number of carbonyl (C=O) groups excluding carboxylic acids is 5. The minimum atomic E-state index is -1.26. The van der Waals surface area contributed by atoms with E-state index in [9.17, 15) is 34.2 Å². The van der Waals surface area contributed by atoms with Crippen molar-refractivity contribution in [3.8, 4) is 22.6 Å². The summed E-state index contributed by atoms with van der Waals surface area (Å²) in [6, 6.07) is 4.37. The third-order valence-electron chi connectivity index (χ3n) is 9.25. The molecule has 2 aliphatic heterocycles. The van der Waals surface area contributed by atoms with Crippen molar-refractivity contribution in [2.75, 3.05) is 32.7 Å². The van der Waals surface area contributed by atoms with E-state index in [4.69, 9.17) is 22.9 Å². The van der Waals surface area contributed by atoms with Crippen LogP contribution in [0.3, 0.4) is 0 Å². The van der Waals surface area contributed by atoms with E-state index in [1.165, 1.54) is 17.0 Å². The average molecular weight is 856 g/mol. The minimum Gasteiger partial charge on any atom is -0.508 e. The molecule has 310 valence electrons. The molecule has 0 unspecified atom stereocenters. The predicted octanol–water partition coefficient (Wildman–Crippen LogP) is -0.124. The van der Waals surface area contributed by atoms with Gasteiger partial charge in [-0.25, -0.2) is 0 Å². The maximum atomic E-state index is 14.4. The minimum absolute atomic E-state index is 0. The summed E-state index contributed by atoms with van der Waals surface area (Å²) in [6.45, 7) is 1.20. The molecule has 14 N–H and O–H groups in total. The van der Waals surface area contributed by atoms with Gasteiger partial charge in [0.25, 0.3) is 0 Å². The largest absolute Gasteiger partial charge is 0.508 e. The molecule has 1 fully saturated rings. The van der Waals surface area contributed by atoms with E-state index in [-0.39, 0.29) is 113 Å². The van der Waals surface area contributed by atoms with Gasteiger partial charge in [-0.05, 0) is 98.1 Å². The van der Waals surface area contributed by atoms with Gasteiger partial charge >= 0.3 is 0 Å². The van der Waals surface area contributed by atoms with Gasteiger partial charge in [0.05, 0.1) is 6.04 Å². The Morgan fingerprint density at radius 3 is 2.02 bits per heavy atom. The number of aromatic hydroxyl groups is 2. The molecule has 4 rings (SSSR count). The van der Waals surface area contributed by atoms with Crippen LogP contribution < -0.4 is 44.2 Å². The molecule has 2 heterocycles. The van der Waals surface area contributed by atoms with Gasteiger partial charge in [0.2, 0.25) is 29.5 Å². The predicted molar refractivity (Wildman–Crippen MR) is 219 cm³/mol. The first-order valence-corrected chi connectivity index (χ1v) is 17.5. The van der Waals surface area contributed by atoms with Gasteiger partial charge < -0.3 is 59.3 Å². The summed E-state index contributed by atoms with van der Waals surface area (Å²) in [5.74, 6) is -2.99. The smallest absolute Gasteiger partial charge is 0.246 e. The molecular formula is C35H55Cl4N9O7. The number of phenols is 2. The number of benzene rings is 2. The Bertz CT molecular complexity index is 1590. The number of nitrogens with two attached hydrogens (primary N) is 4. The monoisotopic (exact) mass is 853 g/mol. The number of halogens is 4. The first-order valence-electron chi connectivity index (χ1n) is 17.5. The summed E-state index contributed by atoms with van der Waals surface area (Å²) in [5, 5.41) is 32.4. The summed E-state index contributed by atoms with van der Waals surface area (Å²) in [4.78, 5) is 69.3. The highest BCUT2D eigenvalue weighted by atomic mass is 35.5. The zero-order valence-electron chi connectivity index (χ0n) is 30.4. The molecule has 16 nitrogen and oxygen atoms in total. The molecular weight excluding hydrogens is 800 g/mol. The highest BCUT2D eigenvalue weighted by Crippen LogP contribution is 2.31. The van der Waals surface area contributed by atoms with Crippen LogP contribution in [0.15, 0.2) is 36.4 Å². The summed E-state index contributed by atoms with van der Waals surface area (Å²) in [5.41, 5.74) is 25.2. The molecule has 0 radical (unpaired) electrons. The Morgan fingerprint density at radius 1 is 0.836 bits per heavy atom. The van der Waals surface area contributed by atoms with Gasteiger partial charge in [0.1, 0.15) is 35.7 Å². The second-order valence-electron chi connectivity index (χ2n) is 13.0. The van der Waals surface area contributed by atoms with Crippen molar-refractivity contribution in [1.82, 2.24) is 26.2 Å². The van der Waals surface area contributed by atoms with Crippen LogP contribution in [-0.4, -0.2) is 108 Å². The SMILES string of the molecule is Cl.Cl.Cl.Cl.NCCC[C@@H]1NC(=O)[C@@H](N)Cc2cc(ccc2O)-c2ccc(O)c(c2)C[C@H](C(=O)N2CCC[C@H]2C(=O)N[C@@H](CCCN)C(=O)NCCN)NC1=O. The number of rotatable bonds is 12. The van der Waals surface area contributed by atoms with E-state index >= 15 is 0 Å². The van der Waals surface area contributed by atoms with Crippen LogP contribution in [0.1, 0.15) is 49.7 Å². The van der Waals surface area contributed by atoms with E-state index in [1.807, 2.05) is 0 Å². The van der Waals surface area contributed by atoms with E-state index in [2.05, 4.69) is 21.3 Å². The van der Waals surface area contributed by atoms with E-state index in [1.54, 1.807) is 24.3 Å². The maximum absolute atomic E-state index is 14.4. The molecule has 0 aromatic heterocycles. The van der Waals surface area contributed by atoms with Crippen molar-refractivity contribution in [2.45, 2.75) is 81.6 Å². The molecule has 2 aliphatic rings. The van der Waals surface area contributed by atoms with Crippen molar-refractivity contribution in [1.29, 1.82) is 0 Å². The fourth-order valence-corrected chi connectivity index (χ4v) is 6.43. The van der Waals surface area contributed by atoms with Gasteiger partial charge in [0.15, 0.2) is 0 Å². The van der Waals surface area contributed by atoms with E-state index in [0.29, 0.717) is 54.5 Å². The Balaban J connectivity index is 0.00000729. The van der Waals surface area contributed by atoms with Crippen LogP contribution in [0, 0.1) is 0 Å². The summed E-state index contributed by atoms with van der Waals surface area (Å²) < 4.78 is 0. The van der Waals surface area contributed by atoms with Gasteiger partial charge in [0, 0.05) is 32.5 Å². The number of likely N-dealkylation sites (tertiary alicyclic amines) is 1. The van der Waals surface area contributed by atoms with Gasteiger partial charge in [-0.1, -0.05) is 12.1 Å². The van der Waals surface area contributed by atoms with Gasteiger partial charge in [-0.2, -0.15) is 0 Å². The lowest BCUT2D eigenvalue weighted by Crippen LogP contribution is -2.59. The molecule has 5 amide bonds. The summed E-state index contributed by atoms with van der Waals surface area (Å²) in [7, 11) is 0. The zero-order valence-corrected chi connectivity index (χ0v) is 33.6. The fraction of sp³-hybridized carbons (Fsp3) is 0.514. The number of nitrogens with zero attached hydrogens (tertiary/aromatic N) is 1. The standard InChI is InChI=1S/C35H51N9O7.4ClH/c36-11-1-4-25(32(48)40-14-13-38)42-34(50)28-6-3-15-44(28)35(51)27-19-23-17-21(8-10-30(23)46)20-7-9-29(45)22(16-20)18-24(39)31(47)41-26(5-2-12-37)33(49)43-27;;;;/h7-10,16-17,24-28,45-46H,1-6,11-15,18-19,36-39H2,(H,40,48)(H,41,47)(H,42,50)(H,43,49);4*1H/t24-,25-,26-,27+,28-;;;;/m0..../s1.